The third-order valence-corrected chi connectivity index (χ3v) is 4.87. The van der Waals surface area contributed by atoms with E-state index < -0.39 is 0 Å². The molecule has 0 saturated carbocycles. The zero-order valence-corrected chi connectivity index (χ0v) is 14.9. The van der Waals surface area contributed by atoms with Gasteiger partial charge in [-0.15, -0.1) is 0 Å². The number of hydrogen-bond donors (Lipinski definition) is 0. The second-order valence-corrected chi connectivity index (χ2v) is 6.55. The molecule has 2 aromatic rings. The molecule has 0 aliphatic carbocycles. The monoisotopic (exact) mass is 336 g/mol. The zero-order chi connectivity index (χ0) is 17.6. The number of likely N-dealkylation sites (tertiary alicyclic amines) is 1. The van der Waals surface area contributed by atoms with Gasteiger partial charge in [0.2, 0.25) is 0 Å². The first-order valence-corrected chi connectivity index (χ1v) is 8.64. The molecule has 0 spiro atoms. The molecule has 0 aromatic heterocycles. The van der Waals surface area contributed by atoms with Crippen molar-refractivity contribution in [3.63, 3.8) is 0 Å². The minimum Gasteiger partial charge on any atom is -0.493 e. The molecule has 1 aliphatic rings. The Morgan fingerprint density at radius 2 is 1.92 bits per heavy atom. The van der Waals surface area contributed by atoms with Crippen molar-refractivity contribution in [3.8, 4) is 17.6 Å². The summed E-state index contributed by atoms with van der Waals surface area (Å²) in [6.45, 7) is 3.00. The predicted octanol–water partition coefficient (Wildman–Crippen LogP) is 3.64. The molecule has 1 saturated heterocycles. The summed E-state index contributed by atoms with van der Waals surface area (Å²) in [7, 11) is 3.33. The molecule has 0 N–H and O–H groups in total. The Morgan fingerprint density at radius 1 is 1.12 bits per heavy atom. The summed E-state index contributed by atoms with van der Waals surface area (Å²) >= 11 is 0. The molecule has 4 heteroatoms. The average molecular weight is 336 g/mol. The van der Waals surface area contributed by atoms with Crippen LogP contribution in [-0.4, -0.2) is 32.2 Å². The van der Waals surface area contributed by atoms with E-state index in [4.69, 9.17) is 9.47 Å². The van der Waals surface area contributed by atoms with Crippen LogP contribution in [0.4, 0.5) is 0 Å². The molecule has 2 aromatic carbocycles. The lowest BCUT2D eigenvalue weighted by atomic mass is 9.98. The van der Waals surface area contributed by atoms with Crippen LogP contribution in [0.3, 0.4) is 0 Å². The van der Waals surface area contributed by atoms with E-state index in [1.165, 1.54) is 12.0 Å². The van der Waals surface area contributed by atoms with Gasteiger partial charge in [0, 0.05) is 13.1 Å². The van der Waals surface area contributed by atoms with Gasteiger partial charge in [0.1, 0.15) is 0 Å². The fourth-order valence-corrected chi connectivity index (χ4v) is 3.57. The van der Waals surface area contributed by atoms with Gasteiger partial charge in [0.15, 0.2) is 11.5 Å². The van der Waals surface area contributed by atoms with Crippen molar-refractivity contribution in [1.82, 2.24) is 4.90 Å². The second kappa shape index (κ2) is 8.04. The van der Waals surface area contributed by atoms with Crippen LogP contribution >= 0.6 is 0 Å². The number of methoxy groups -OCH3 is 2. The molecule has 1 heterocycles. The van der Waals surface area contributed by atoms with E-state index >= 15 is 0 Å². The van der Waals surface area contributed by atoms with Crippen LogP contribution in [0.15, 0.2) is 42.5 Å². The minimum absolute atomic E-state index is 0.632. The molecule has 130 valence electrons. The molecule has 0 bridgehead atoms. The first kappa shape index (κ1) is 17.3. The van der Waals surface area contributed by atoms with Gasteiger partial charge in [0.25, 0.3) is 0 Å². The average Bonchev–Trinajstić information content (AvgIpc) is 3.08. The first-order valence-electron chi connectivity index (χ1n) is 8.64. The fraction of sp³-hybridized carbons (Fsp3) is 0.381. The number of benzene rings is 2. The molecule has 0 amide bonds. The molecule has 1 aliphatic heterocycles. The van der Waals surface area contributed by atoms with Crippen molar-refractivity contribution in [2.45, 2.75) is 19.4 Å². The maximum Gasteiger partial charge on any atom is 0.160 e. The topological polar surface area (TPSA) is 45.5 Å². The maximum atomic E-state index is 9.24. The molecule has 25 heavy (non-hydrogen) atoms. The van der Waals surface area contributed by atoms with E-state index in [-0.39, 0.29) is 0 Å². The van der Waals surface area contributed by atoms with Crippen LogP contribution in [0.2, 0.25) is 0 Å². The summed E-state index contributed by atoms with van der Waals surface area (Å²) in [4.78, 5) is 2.45. The predicted molar refractivity (Wildman–Crippen MR) is 97.8 cm³/mol. The van der Waals surface area contributed by atoms with Gasteiger partial charge in [0.05, 0.1) is 25.9 Å². The smallest absolute Gasteiger partial charge is 0.160 e. The number of ether oxygens (including phenoxy) is 2. The van der Waals surface area contributed by atoms with Crippen LogP contribution in [0, 0.1) is 17.2 Å². The SMILES string of the molecule is COc1ccc(CC2CCN(Cc3ccccc3C#N)C2)cc1OC. The van der Waals surface area contributed by atoms with Gasteiger partial charge in [-0.05, 0) is 54.6 Å². The normalized spacial score (nSPS) is 17.2. The Balaban J connectivity index is 1.61. The van der Waals surface area contributed by atoms with Crippen molar-refractivity contribution in [3.05, 3.63) is 59.2 Å². The molecule has 4 nitrogen and oxygen atoms in total. The van der Waals surface area contributed by atoms with Gasteiger partial charge in [-0.2, -0.15) is 5.26 Å². The van der Waals surface area contributed by atoms with Crippen LogP contribution in [0.25, 0.3) is 0 Å². The highest BCUT2D eigenvalue weighted by Crippen LogP contribution is 2.30. The highest BCUT2D eigenvalue weighted by Gasteiger charge is 2.23. The second-order valence-electron chi connectivity index (χ2n) is 6.55. The summed E-state index contributed by atoms with van der Waals surface area (Å²) in [5.74, 6) is 2.19. The Morgan fingerprint density at radius 3 is 2.68 bits per heavy atom. The molecule has 1 unspecified atom stereocenters. The van der Waals surface area contributed by atoms with Gasteiger partial charge in [-0.25, -0.2) is 0 Å². The first-order chi connectivity index (χ1) is 12.2. The molecular weight excluding hydrogens is 312 g/mol. The summed E-state index contributed by atoms with van der Waals surface area (Å²) in [5, 5.41) is 9.24. The highest BCUT2D eigenvalue weighted by molar-refractivity contribution is 5.43. The van der Waals surface area contributed by atoms with Crippen molar-refractivity contribution in [2.24, 2.45) is 5.92 Å². The van der Waals surface area contributed by atoms with Crippen molar-refractivity contribution >= 4 is 0 Å². The summed E-state index contributed by atoms with van der Waals surface area (Å²) < 4.78 is 10.7. The van der Waals surface area contributed by atoms with Crippen molar-refractivity contribution < 1.29 is 9.47 Å². The van der Waals surface area contributed by atoms with Crippen LogP contribution in [-0.2, 0) is 13.0 Å². The Bertz CT molecular complexity index is 767. The largest absolute Gasteiger partial charge is 0.493 e. The quantitative estimate of drug-likeness (QED) is 0.808. The zero-order valence-electron chi connectivity index (χ0n) is 14.9. The highest BCUT2D eigenvalue weighted by atomic mass is 16.5. The van der Waals surface area contributed by atoms with Crippen LogP contribution in [0.5, 0.6) is 11.5 Å². The Labute approximate surface area is 149 Å². The molecule has 3 rings (SSSR count). The van der Waals surface area contributed by atoms with E-state index in [1.54, 1.807) is 14.2 Å². The summed E-state index contributed by atoms with van der Waals surface area (Å²) in [6, 6.07) is 16.3. The lowest BCUT2D eigenvalue weighted by Gasteiger charge is -2.17. The number of nitrogens with zero attached hydrogens (tertiary/aromatic N) is 2. The van der Waals surface area contributed by atoms with Gasteiger partial charge in [-0.1, -0.05) is 24.3 Å². The Hall–Kier alpha value is -2.51. The van der Waals surface area contributed by atoms with Gasteiger partial charge >= 0.3 is 0 Å². The lowest BCUT2D eigenvalue weighted by molar-refractivity contribution is 0.316. The number of nitriles is 1. The third-order valence-electron chi connectivity index (χ3n) is 4.87. The molecule has 1 atom stereocenters. The van der Waals surface area contributed by atoms with Crippen molar-refractivity contribution in [2.75, 3.05) is 27.3 Å². The van der Waals surface area contributed by atoms with E-state index in [0.29, 0.717) is 5.92 Å². The van der Waals surface area contributed by atoms with E-state index in [9.17, 15) is 5.26 Å². The van der Waals surface area contributed by atoms with E-state index in [0.717, 1.165) is 48.7 Å². The third kappa shape index (κ3) is 4.12. The lowest BCUT2D eigenvalue weighted by Crippen LogP contribution is -2.21. The van der Waals surface area contributed by atoms with E-state index in [2.05, 4.69) is 29.2 Å². The summed E-state index contributed by atoms with van der Waals surface area (Å²) in [5.41, 5.74) is 3.18. The van der Waals surface area contributed by atoms with Crippen molar-refractivity contribution in [1.29, 1.82) is 5.26 Å². The van der Waals surface area contributed by atoms with Gasteiger partial charge in [-0.3, -0.25) is 4.90 Å². The fourth-order valence-electron chi connectivity index (χ4n) is 3.57. The van der Waals surface area contributed by atoms with Crippen LogP contribution < -0.4 is 9.47 Å². The standard InChI is InChI=1S/C21H24N2O2/c1-24-20-8-7-16(12-21(20)25-2)11-17-9-10-23(14-17)15-19-6-4-3-5-18(19)13-22/h3-8,12,17H,9-11,14-15H2,1-2H3. The molecule has 0 radical (unpaired) electrons. The number of hydrogen-bond acceptors (Lipinski definition) is 4. The van der Waals surface area contributed by atoms with E-state index in [1.807, 2.05) is 24.3 Å². The maximum absolute atomic E-state index is 9.24. The molecular formula is C21H24N2O2. The summed E-state index contributed by atoms with van der Waals surface area (Å²) in [6.07, 6.45) is 2.22. The molecule has 1 fully saturated rings. The minimum atomic E-state index is 0.632. The number of rotatable bonds is 6. The van der Waals surface area contributed by atoms with Crippen LogP contribution in [0.1, 0.15) is 23.1 Å². The van der Waals surface area contributed by atoms with Gasteiger partial charge < -0.3 is 9.47 Å². The Kier molecular flexibility index (Phi) is 5.57.